The molecule has 2 aromatic rings. The number of anilines is 1. The van der Waals surface area contributed by atoms with Gasteiger partial charge in [-0.25, -0.2) is 9.78 Å². The van der Waals surface area contributed by atoms with Crippen molar-refractivity contribution in [2.75, 3.05) is 37.0 Å². The Morgan fingerprint density at radius 1 is 1.35 bits per heavy atom. The van der Waals surface area contributed by atoms with Crippen molar-refractivity contribution in [3.8, 4) is 0 Å². The number of benzene rings is 1. The molecule has 8 heteroatoms. The fraction of sp³-hybridized carbons (Fsp3) is 0.400. The molecule has 1 atom stereocenters. The number of carboxylic acids is 1. The highest BCUT2D eigenvalue weighted by molar-refractivity contribution is 8.15. The molecule has 6 nitrogen and oxygen atoms in total. The zero-order valence-corrected chi connectivity index (χ0v) is 13.9. The molecule has 0 saturated carbocycles. The van der Waals surface area contributed by atoms with Crippen LogP contribution < -0.4 is 4.90 Å². The van der Waals surface area contributed by atoms with Crippen LogP contribution in [0.5, 0.6) is 0 Å². The first-order chi connectivity index (χ1) is 11.2. The molecule has 1 N–H and O–H groups in total. The normalized spacial score (nSPS) is 21.7. The molecule has 23 heavy (non-hydrogen) atoms. The van der Waals surface area contributed by atoms with Crippen molar-refractivity contribution < 1.29 is 14.6 Å². The Labute approximate surface area is 141 Å². The van der Waals surface area contributed by atoms with E-state index >= 15 is 0 Å². The van der Waals surface area contributed by atoms with Gasteiger partial charge in [0.25, 0.3) is 0 Å². The molecule has 0 radical (unpaired) electrons. The van der Waals surface area contributed by atoms with Gasteiger partial charge in [0, 0.05) is 24.5 Å². The van der Waals surface area contributed by atoms with Gasteiger partial charge in [-0.2, -0.15) is 0 Å². The van der Waals surface area contributed by atoms with E-state index < -0.39 is 12.0 Å². The summed E-state index contributed by atoms with van der Waals surface area (Å²) in [5.74, 6) is -0.386. The summed E-state index contributed by atoms with van der Waals surface area (Å²) in [5.41, 5.74) is 2.12. The third kappa shape index (κ3) is 2.93. The summed E-state index contributed by atoms with van der Waals surface area (Å²) in [7, 11) is 0. The number of nitrogens with zero attached hydrogens (tertiary/aromatic N) is 3. The minimum atomic E-state index is -0.872. The molecule has 0 aliphatic carbocycles. The summed E-state index contributed by atoms with van der Waals surface area (Å²) >= 11 is 3.04. The third-order valence-electron chi connectivity index (χ3n) is 3.87. The summed E-state index contributed by atoms with van der Waals surface area (Å²) < 4.78 is 6.49. The standard InChI is InChI=1S/C15H15N3O3S2/c19-15(20)11-8-22-13(17-11)14-16-10-2-1-9(7-12(10)23-14)18-3-5-21-6-4-18/h1-2,7,11H,3-6,8H2,(H,19,20)/t11-/m1/s1. The van der Waals surface area contributed by atoms with Gasteiger partial charge in [0.15, 0.2) is 6.04 Å². The number of thiazole rings is 1. The molecule has 0 unspecified atom stereocenters. The Bertz CT molecular complexity index is 783. The van der Waals surface area contributed by atoms with E-state index in [1.165, 1.54) is 17.4 Å². The topological polar surface area (TPSA) is 75.0 Å². The molecular weight excluding hydrogens is 334 g/mol. The molecule has 1 aromatic heterocycles. The average molecular weight is 349 g/mol. The maximum atomic E-state index is 11.0. The van der Waals surface area contributed by atoms with Crippen LogP contribution in [0, 0.1) is 0 Å². The van der Waals surface area contributed by atoms with E-state index in [-0.39, 0.29) is 0 Å². The molecule has 0 bridgehead atoms. The highest BCUT2D eigenvalue weighted by Crippen LogP contribution is 2.32. The molecule has 3 heterocycles. The van der Waals surface area contributed by atoms with Crippen LogP contribution in [0.15, 0.2) is 23.2 Å². The van der Waals surface area contributed by atoms with E-state index in [0.717, 1.165) is 46.6 Å². The van der Waals surface area contributed by atoms with Gasteiger partial charge in [0.2, 0.25) is 0 Å². The van der Waals surface area contributed by atoms with Crippen molar-refractivity contribution >= 4 is 50.0 Å². The number of aromatic nitrogens is 1. The quantitative estimate of drug-likeness (QED) is 0.914. The number of fused-ring (bicyclic) bond motifs is 1. The first kappa shape index (κ1) is 14.9. The predicted molar refractivity (Wildman–Crippen MR) is 93.1 cm³/mol. The minimum absolute atomic E-state index is 0.486. The molecule has 0 amide bonds. The number of morpholine rings is 1. The summed E-state index contributed by atoms with van der Waals surface area (Å²) in [6, 6.07) is 5.61. The first-order valence-electron chi connectivity index (χ1n) is 7.38. The lowest BCUT2D eigenvalue weighted by Gasteiger charge is -2.28. The number of aliphatic imine (C=N–C) groups is 1. The van der Waals surface area contributed by atoms with Crippen LogP contribution >= 0.6 is 23.1 Å². The summed E-state index contributed by atoms with van der Waals surface area (Å²) in [5, 5.41) is 10.6. The Morgan fingerprint density at radius 2 is 2.17 bits per heavy atom. The van der Waals surface area contributed by atoms with Gasteiger partial charge in [-0.15, -0.1) is 23.1 Å². The van der Waals surface area contributed by atoms with Gasteiger partial charge in [-0.05, 0) is 18.2 Å². The van der Waals surface area contributed by atoms with Crippen molar-refractivity contribution in [2.24, 2.45) is 4.99 Å². The van der Waals surface area contributed by atoms with E-state index in [1.807, 2.05) is 6.07 Å². The van der Waals surface area contributed by atoms with E-state index in [9.17, 15) is 4.79 Å². The second-order valence-corrected chi connectivity index (χ2v) is 7.41. The van der Waals surface area contributed by atoms with Crippen LogP contribution in [-0.2, 0) is 9.53 Å². The maximum absolute atomic E-state index is 11.0. The Kier molecular flexibility index (Phi) is 3.96. The number of aliphatic carboxylic acids is 1. The van der Waals surface area contributed by atoms with Crippen LogP contribution in [0.4, 0.5) is 5.69 Å². The zero-order valence-electron chi connectivity index (χ0n) is 12.3. The summed E-state index contributed by atoms with van der Waals surface area (Å²) in [6.07, 6.45) is 0. The molecule has 1 saturated heterocycles. The zero-order chi connectivity index (χ0) is 15.8. The van der Waals surface area contributed by atoms with Gasteiger partial charge in [-0.3, -0.25) is 4.99 Å². The van der Waals surface area contributed by atoms with E-state index in [1.54, 1.807) is 11.3 Å². The fourth-order valence-electron chi connectivity index (χ4n) is 2.64. The van der Waals surface area contributed by atoms with Crippen molar-refractivity contribution in [1.82, 2.24) is 4.98 Å². The number of carbonyl (C=O) groups is 1. The molecule has 2 aliphatic rings. The Morgan fingerprint density at radius 3 is 2.91 bits per heavy atom. The highest BCUT2D eigenvalue weighted by Gasteiger charge is 2.27. The second kappa shape index (κ2) is 6.10. The first-order valence-corrected chi connectivity index (χ1v) is 9.18. The number of ether oxygens (including phenoxy) is 1. The van der Waals surface area contributed by atoms with Gasteiger partial charge in [-0.1, -0.05) is 0 Å². The molecule has 1 fully saturated rings. The van der Waals surface area contributed by atoms with Gasteiger partial charge >= 0.3 is 5.97 Å². The van der Waals surface area contributed by atoms with Crippen molar-refractivity contribution in [2.45, 2.75) is 6.04 Å². The molecule has 120 valence electrons. The SMILES string of the molecule is O=C(O)[C@H]1CSC(c2nc3ccc(N4CCOCC4)cc3s2)=N1. The number of hydrogen-bond donors (Lipinski definition) is 1. The molecule has 0 spiro atoms. The van der Waals surface area contributed by atoms with Gasteiger partial charge in [0.1, 0.15) is 10.1 Å². The van der Waals surface area contributed by atoms with Gasteiger partial charge < -0.3 is 14.7 Å². The lowest BCUT2D eigenvalue weighted by atomic mass is 10.2. The van der Waals surface area contributed by atoms with Crippen molar-refractivity contribution in [3.63, 3.8) is 0 Å². The van der Waals surface area contributed by atoms with Crippen LogP contribution in [0.2, 0.25) is 0 Å². The van der Waals surface area contributed by atoms with Crippen molar-refractivity contribution in [3.05, 3.63) is 23.2 Å². The van der Waals surface area contributed by atoms with Crippen molar-refractivity contribution in [1.29, 1.82) is 0 Å². The molecule has 4 rings (SSSR count). The van der Waals surface area contributed by atoms with Crippen LogP contribution in [0.3, 0.4) is 0 Å². The average Bonchev–Trinajstić information content (AvgIpc) is 3.21. The van der Waals surface area contributed by atoms with Crippen LogP contribution in [-0.4, -0.2) is 59.2 Å². The second-order valence-electron chi connectivity index (χ2n) is 5.37. The summed E-state index contributed by atoms with van der Waals surface area (Å²) in [6.45, 7) is 3.33. The van der Waals surface area contributed by atoms with Gasteiger partial charge in [0.05, 0.1) is 23.4 Å². The Balaban J connectivity index is 1.63. The highest BCUT2D eigenvalue weighted by atomic mass is 32.2. The summed E-state index contributed by atoms with van der Waals surface area (Å²) in [4.78, 5) is 22.2. The van der Waals surface area contributed by atoms with Crippen LogP contribution in [0.1, 0.15) is 5.01 Å². The van der Waals surface area contributed by atoms with E-state index in [4.69, 9.17) is 9.84 Å². The lowest BCUT2D eigenvalue weighted by Crippen LogP contribution is -2.36. The third-order valence-corrected chi connectivity index (χ3v) is 6.08. The maximum Gasteiger partial charge on any atom is 0.329 e. The number of carboxylic acid groups (broad SMARTS) is 1. The number of rotatable bonds is 3. The van der Waals surface area contributed by atoms with E-state index in [2.05, 4.69) is 27.0 Å². The predicted octanol–water partition coefficient (Wildman–Crippen LogP) is 2.08. The van der Waals surface area contributed by atoms with E-state index in [0.29, 0.717) is 5.75 Å². The smallest absolute Gasteiger partial charge is 0.329 e. The molecule has 1 aromatic carbocycles. The Hall–Kier alpha value is -1.64. The number of hydrogen-bond acceptors (Lipinski definition) is 7. The largest absolute Gasteiger partial charge is 0.480 e. The monoisotopic (exact) mass is 349 g/mol. The number of thioether (sulfide) groups is 1. The molecular formula is C15H15N3O3S2. The van der Waals surface area contributed by atoms with Crippen LogP contribution in [0.25, 0.3) is 10.2 Å². The fourth-order valence-corrected chi connectivity index (χ4v) is 4.74. The lowest BCUT2D eigenvalue weighted by molar-refractivity contribution is -0.137. The molecule has 2 aliphatic heterocycles. The minimum Gasteiger partial charge on any atom is -0.480 e.